The zero-order valence-corrected chi connectivity index (χ0v) is 19.8. The average molecular weight is 480 g/mol. The van der Waals surface area contributed by atoms with Gasteiger partial charge in [0.15, 0.2) is 0 Å². The highest BCUT2D eigenvalue weighted by molar-refractivity contribution is 9.10. The van der Waals surface area contributed by atoms with E-state index in [1.54, 1.807) is 0 Å². The summed E-state index contributed by atoms with van der Waals surface area (Å²) in [5.41, 5.74) is 0.506. The second-order valence-electron chi connectivity index (χ2n) is 8.35. The summed E-state index contributed by atoms with van der Waals surface area (Å²) in [5.74, 6) is 0. The number of nitrogens with one attached hydrogen (secondary N) is 1. The topological polar surface area (TPSA) is 49.9 Å². The van der Waals surface area contributed by atoms with Crippen molar-refractivity contribution in [2.24, 2.45) is 0 Å². The van der Waals surface area contributed by atoms with Gasteiger partial charge in [-0.2, -0.15) is 0 Å². The molecule has 0 saturated carbocycles. The lowest BCUT2D eigenvalue weighted by Crippen LogP contribution is -2.81. The van der Waals surface area contributed by atoms with E-state index in [1.165, 1.54) is 0 Å². The number of aromatic nitrogens is 2. The summed E-state index contributed by atoms with van der Waals surface area (Å²) >= 11 is 3.64. The molecule has 4 nitrogen and oxygen atoms in total. The average Bonchev–Trinajstić information content (AvgIpc) is 3.11. The minimum absolute atomic E-state index is 0.227. The summed E-state index contributed by atoms with van der Waals surface area (Å²) in [4.78, 5) is 13.4. The van der Waals surface area contributed by atoms with Crippen LogP contribution in [0.1, 0.15) is 20.8 Å². The van der Waals surface area contributed by atoms with E-state index >= 15 is 0 Å². The van der Waals surface area contributed by atoms with Crippen LogP contribution in [0, 0.1) is 0 Å². The lowest BCUT2D eigenvalue weighted by atomic mass is 10.2. The van der Waals surface area contributed by atoms with Crippen molar-refractivity contribution in [2.45, 2.75) is 25.8 Å². The first kappa shape index (κ1) is 20.6. The Morgan fingerprint density at radius 3 is 1.83 bits per heavy atom. The van der Waals surface area contributed by atoms with Crippen LogP contribution in [0.3, 0.4) is 0 Å². The second kappa shape index (κ2) is 7.85. The number of para-hydroxylation sites is 1. The SMILES string of the molecule is CC(C)(C)[Si](c1ccccc1)(c1ccccc1)c1c(=O)o[nH][n+]1-c1ccccc1Br. The highest BCUT2D eigenvalue weighted by Gasteiger charge is 2.59. The largest absolute Gasteiger partial charge is 0.425 e. The van der Waals surface area contributed by atoms with Crippen molar-refractivity contribution in [3.05, 3.63) is 99.8 Å². The molecule has 0 spiro atoms. The molecule has 0 bridgehead atoms. The molecule has 0 amide bonds. The van der Waals surface area contributed by atoms with Gasteiger partial charge in [-0.15, -0.1) is 0 Å². The van der Waals surface area contributed by atoms with Crippen molar-refractivity contribution in [2.75, 3.05) is 0 Å². The van der Waals surface area contributed by atoms with Gasteiger partial charge < -0.3 is 0 Å². The lowest BCUT2D eigenvalue weighted by Gasteiger charge is -2.39. The summed E-state index contributed by atoms with van der Waals surface area (Å²) in [6, 6.07) is 28.6. The van der Waals surface area contributed by atoms with Gasteiger partial charge in [-0.25, -0.2) is 4.79 Å². The van der Waals surface area contributed by atoms with Crippen LogP contribution in [0.15, 0.2) is 98.7 Å². The molecule has 0 radical (unpaired) electrons. The van der Waals surface area contributed by atoms with Crippen LogP contribution in [-0.4, -0.2) is 13.3 Å². The van der Waals surface area contributed by atoms with Crippen molar-refractivity contribution in [3.8, 4) is 5.69 Å². The normalized spacial score (nSPS) is 12.1. The van der Waals surface area contributed by atoms with Crippen LogP contribution < -0.4 is 26.0 Å². The Morgan fingerprint density at radius 2 is 1.33 bits per heavy atom. The minimum Gasteiger partial charge on any atom is -0.283 e. The Balaban J connectivity index is 2.19. The van der Waals surface area contributed by atoms with Gasteiger partial charge in [0, 0.05) is 6.07 Å². The van der Waals surface area contributed by atoms with Crippen LogP contribution >= 0.6 is 15.9 Å². The predicted molar refractivity (Wildman–Crippen MR) is 126 cm³/mol. The molecular weight excluding hydrogens is 456 g/mol. The smallest absolute Gasteiger partial charge is 0.283 e. The van der Waals surface area contributed by atoms with Gasteiger partial charge in [-0.05, 0) is 47.4 Å². The number of hydrogen-bond acceptors (Lipinski definition) is 2. The summed E-state index contributed by atoms with van der Waals surface area (Å²) < 4.78 is 8.15. The van der Waals surface area contributed by atoms with E-state index in [9.17, 15) is 4.79 Å². The maximum atomic E-state index is 13.4. The molecule has 0 atom stereocenters. The quantitative estimate of drug-likeness (QED) is 0.360. The van der Waals surface area contributed by atoms with E-state index in [1.807, 2.05) is 65.3 Å². The summed E-state index contributed by atoms with van der Waals surface area (Å²) in [7, 11) is -2.86. The minimum atomic E-state index is -2.86. The molecule has 6 heteroatoms. The maximum absolute atomic E-state index is 13.4. The Labute approximate surface area is 185 Å². The van der Waals surface area contributed by atoms with Gasteiger partial charge in [0.1, 0.15) is 0 Å². The molecule has 0 saturated heterocycles. The molecular formula is C24H24BrN2O2Si+. The molecule has 4 rings (SSSR count). The number of H-pyrrole nitrogens is 1. The molecule has 3 aromatic carbocycles. The molecule has 0 aliphatic heterocycles. The second-order valence-corrected chi connectivity index (χ2v) is 13.8. The van der Waals surface area contributed by atoms with Gasteiger partial charge in [0.2, 0.25) is 8.07 Å². The molecule has 30 heavy (non-hydrogen) atoms. The molecule has 152 valence electrons. The van der Waals surface area contributed by atoms with Crippen LogP contribution in [-0.2, 0) is 0 Å². The van der Waals surface area contributed by atoms with E-state index in [0.29, 0.717) is 5.32 Å². The standard InChI is InChI=1S/C24H23BrN2O2Si/c1-24(2,3)30(18-12-6-4-7-13-18,19-14-8-5-9-15-19)22-23(28)29-26-27(22)21-17-11-10-16-20(21)25/h4-17H,1-3H3/p+1. The van der Waals surface area contributed by atoms with E-state index < -0.39 is 8.07 Å². The number of rotatable bonds is 4. The first-order valence-corrected chi connectivity index (χ1v) is 12.7. The molecule has 4 aromatic rings. The third kappa shape index (κ3) is 3.20. The van der Waals surface area contributed by atoms with Gasteiger partial charge in [0.25, 0.3) is 11.0 Å². The van der Waals surface area contributed by atoms with Gasteiger partial charge in [-0.3, -0.25) is 4.52 Å². The third-order valence-corrected chi connectivity index (χ3v) is 12.1. The zero-order valence-electron chi connectivity index (χ0n) is 17.2. The first-order valence-electron chi connectivity index (χ1n) is 9.87. The van der Waals surface area contributed by atoms with Gasteiger partial charge >= 0.3 is 5.63 Å². The zero-order chi connectivity index (χ0) is 21.4. The van der Waals surface area contributed by atoms with E-state index in [-0.39, 0.29) is 10.7 Å². The van der Waals surface area contributed by atoms with Crippen molar-refractivity contribution >= 4 is 39.7 Å². The number of hydrogen-bond donors (Lipinski definition) is 1. The van der Waals surface area contributed by atoms with Crippen molar-refractivity contribution in [1.29, 1.82) is 0 Å². The fourth-order valence-corrected chi connectivity index (χ4v) is 10.5. The highest BCUT2D eigenvalue weighted by atomic mass is 79.9. The monoisotopic (exact) mass is 479 g/mol. The van der Waals surface area contributed by atoms with Crippen molar-refractivity contribution in [1.82, 2.24) is 5.27 Å². The third-order valence-electron chi connectivity index (χ3n) is 5.63. The van der Waals surface area contributed by atoms with Crippen LogP contribution in [0.25, 0.3) is 5.69 Å². The van der Waals surface area contributed by atoms with Crippen LogP contribution in [0.5, 0.6) is 0 Å². The molecule has 0 unspecified atom stereocenters. The Hall–Kier alpha value is -2.70. The van der Waals surface area contributed by atoms with Gasteiger partial charge in [0.05, 0.1) is 4.47 Å². The number of nitrogens with zero attached hydrogens (tertiary/aromatic N) is 1. The molecule has 0 aliphatic carbocycles. The fourth-order valence-electron chi connectivity index (χ4n) is 4.43. The summed E-state index contributed by atoms with van der Waals surface area (Å²) in [5, 5.41) is 5.65. The summed E-state index contributed by atoms with van der Waals surface area (Å²) in [6.45, 7) is 6.65. The fraction of sp³-hybridized carbons (Fsp3) is 0.167. The van der Waals surface area contributed by atoms with Crippen LogP contribution in [0.4, 0.5) is 0 Å². The molecule has 0 fully saturated rings. The van der Waals surface area contributed by atoms with E-state index in [4.69, 9.17) is 4.52 Å². The van der Waals surface area contributed by atoms with E-state index in [0.717, 1.165) is 20.5 Å². The maximum Gasteiger partial charge on any atom is 0.425 e. The van der Waals surface area contributed by atoms with Crippen molar-refractivity contribution < 1.29 is 9.20 Å². The first-order chi connectivity index (χ1) is 14.4. The Bertz CT molecular complexity index is 1170. The number of aromatic amines is 1. The Kier molecular flexibility index (Phi) is 5.38. The predicted octanol–water partition coefficient (Wildman–Crippen LogP) is 3.28. The Morgan fingerprint density at radius 1 is 0.833 bits per heavy atom. The highest BCUT2D eigenvalue weighted by Crippen LogP contribution is 2.34. The van der Waals surface area contributed by atoms with Crippen molar-refractivity contribution in [3.63, 3.8) is 0 Å². The van der Waals surface area contributed by atoms with Gasteiger partial charge in [-0.1, -0.05) is 93.6 Å². The van der Waals surface area contributed by atoms with E-state index in [2.05, 4.69) is 66.2 Å². The molecule has 1 N–H and O–H groups in total. The van der Waals surface area contributed by atoms with Crippen LogP contribution in [0.2, 0.25) is 5.04 Å². The number of benzene rings is 3. The lowest BCUT2D eigenvalue weighted by molar-refractivity contribution is -0.655. The summed E-state index contributed by atoms with van der Waals surface area (Å²) in [6.07, 6.45) is 0. The molecule has 0 aliphatic rings. The molecule has 1 aromatic heterocycles. The molecule has 1 heterocycles. The number of halogens is 1.